The molecule has 2 fully saturated rings. The van der Waals surface area contributed by atoms with E-state index in [0.717, 1.165) is 24.3 Å². The van der Waals surface area contributed by atoms with Crippen LogP contribution in [0.5, 0.6) is 0 Å². The van der Waals surface area contributed by atoms with E-state index in [9.17, 15) is 0 Å². The Morgan fingerprint density at radius 1 is 1.29 bits per heavy atom. The Morgan fingerprint density at radius 2 is 2.18 bits per heavy atom. The van der Waals surface area contributed by atoms with E-state index in [-0.39, 0.29) is 0 Å². The van der Waals surface area contributed by atoms with Crippen molar-refractivity contribution >= 4 is 44.2 Å². The first-order valence-electron chi connectivity index (χ1n) is 6.41. The maximum atomic E-state index is 3.63. The summed E-state index contributed by atoms with van der Waals surface area (Å²) in [6.45, 7) is 1.15. The Balaban J connectivity index is 1.60. The van der Waals surface area contributed by atoms with Gasteiger partial charge in [0, 0.05) is 20.3 Å². The normalized spacial score (nSPS) is 30.8. The van der Waals surface area contributed by atoms with E-state index in [1.165, 1.54) is 39.4 Å². The van der Waals surface area contributed by atoms with E-state index in [0.29, 0.717) is 0 Å². The average molecular weight is 406 g/mol. The third-order valence-electron chi connectivity index (χ3n) is 4.37. The number of benzene rings is 1. The van der Waals surface area contributed by atoms with Gasteiger partial charge in [-0.3, -0.25) is 0 Å². The molecule has 0 aromatic heterocycles. The van der Waals surface area contributed by atoms with Crippen molar-refractivity contribution in [2.24, 2.45) is 17.8 Å². The first-order valence-corrected chi connectivity index (χ1v) is 8.28. The molecular weight excluding hydrogens is 389 g/mol. The van der Waals surface area contributed by atoms with Crippen LogP contribution in [0.2, 0.25) is 0 Å². The molecule has 1 nitrogen and oxygen atoms in total. The second-order valence-corrected chi connectivity index (χ2v) is 7.54. The molecule has 2 aliphatic carbocycles. The van der Waals surface area contributed by atoms with Crippen LogP contribution >= 0.6 is 38.5 Å². The van der Waals surface area contributed by atoms with Crippen LogP contribution in [-0.2, 0) is 0 Å². The fourth-order valence-corrected chi connectivity index (χ4v) is 4.94. The van der Waals surface area contributed by atoms with Crippen molar-refractivity contribution in [3.63, 3.8) is 0 Å². The highest BCUT2D eigenvalue weighted by Gasteiger charge is 2.38. The van der Waals surface area contributed by atoms with Crippen molar-refractivity contribution < 1.29 is 0 Å². The van der Waals surface area contributed by atoms with Crippen molar-refractivity contribution in [2.45, 2.75) is 25.7 Å². The lowest BCUT2D eigenvalue weighted by molar-refractivity contribution is 0.348. The molecule has 0 spiro atoms. The Bertz CT molecular complexity index is 421. The maximum Gasteiger partial charge on any atom is 0.0485 e. The van der Waals surface area contributed by atoms with Crippen LogP contribution in [0.25, 0.3) is 0 Å². The molecule has 0 amide bonds. The zero-order valence-electron chi connectivity index (χ0n) is 9.76. The number of rotatable bonds is 3. The molecule has 2 aliphatic rings. The maximum absolute atomic E-state index is 3.63. The molecule has 0 heterocycles. The van der Waals surface area contributed by atoms with Gasteiger partial charge < -0.3 is 5.32 Å². The van der Waals surface area contributed by atoms with Gasteiger partial charge in [0.05, 0.1) is 0 Å². The SMILES string of the molecule is Brc1cc(I)ccc1NCC1CC2CCC1C2. The lowest BCUT2D eigenvalue weighted by atomic mass is 9.89. The van der Waals surface area contributed by atoms with Gasteiger partial charge in [-0.15, -0.1) is 0 Å². The smallest absolute Gasteiger partial charge is 0.0485 e. The molecule has 1 aromatic carbocycles. The minimum absolute atomic E-state index is 0.917. The zero-order valence-corrected chi connectivity index (χ0v) is 13.5. The molecule has 1 N–H and O–H groups in total. The summed E-state index contributed by atoms with van der Waals surface area (Å²) in [5.74, 6) is 2.97. The number of hydrogen-bond acceptors (Lipinski definition) is 1. The molecule has 0 saturated heterocycles. The van der Waals surface area contributed by atoms with Gasteiger partial charge in [0.25, 0.3) is 0 Å². The van der Waals surface area contributed by atoms with E-state index in [1.54, 1.807) is 0 Å². The molecule has 3 rings (SSSR count). The largest absolute Gasteiger partial charge is 0.384 e. The molecule has 2 bridgehead atoms. The minimum atomic E-state index is 0.917. The highest BCUT2D eigenvalue weighted by molar-refractivity contribution is 14.1. The third kappa shape index (κ3) is 2.65. The zero-order chi connectivity index (χ0) is 11.8. The van der Waals surface area contributed by atoms with Gasteiger partial charge in [-0.1, -0.05) is 6.42 Å². The fraction of sp³-hybridized carbons (Fsp3) is 0.571. The number of fused-ring (bicyclic) bond motifs is 2. The average Bonchev–Trinajstić information content (AvgIpc) is 2.89. The van der Waals surface area contributed by atoms with Crippen LogP contribution in [0.1, 0.15) is 25.7 Å². The van der Waals surface area contributed by atoms with Crippen LogP contribution < -0.4 is 5.32 Å². The van der Waals surface area contributed by atoms with Crippen molar-refractivity contribution in [2.75, 3.05) is 11.9 Å². The number of anilines is 1. The molecule has 2 saturated carbocycles. The lowest BCUT2D eigenvalue weighted by Crippen LogP contribution is -2.20. The predicted octanol–water partition coefficient (Wildman–Crippen LogP) is 4.90. The van der Waals surface area contributed by atoms with Gasteiger partial charge in [-0.2, -0.15) is 0 Å². The molecule has 0 radical (unpaired) electrons. The van der Waals surface area contributed by atoms with Gasteiger partial charge in [0.1, 0.15) is 0 Å². The van der Waals surface area contributed by atoms with Crippen LogP contribution in [0.3, 0.4) is 0 Å². The second-order valence-electron chi connectivity index (χ2n) is 5.44. The second kappa shape index (κ2) is 5.08. The Hall–Kier alpha value is 0.230. The van der Waals surface area contributed by atoms with Crippen molar-refractivity contribution in [3.05, 3.63) is 26.2 Å². The van der Waals surface area contributed by atoms with Gasteiger partial charge in [-0.25, -0.2) is 0 Å². The molecule has 3 unspecified atom stereocenters. The topological polar surface area (TPSA) is 12.0 Å². The molecule has 17 heavy (non-hydrogen) atoms. The summed E-state index contributed by atoms with van der Waals surface area (Å²) in [5.41, 5.74) is 1.24. The highest BCUT2D eigenvalue weighted by Crippen LogP contribution is 2.48. The van der Waals surface area contributed by atoms with Crippen LogP contribution in [0.15, 0.2) is 22.7 Å². The first kappa shape index (κ1) is 12.3. The molecule has 92 valence electrons. The van der Waals surface area contributed by atoms with Gasteiger partial charge in [0.15, 0.2) is 0 Å². The summed E-state index contributed by atoms with van der Waals surface area (Å²) in [4.78, 5) is 0. The Kier molecular flexibility index (Phi) is 3.67. The molecule has 1 aromatic rings. The van der Waals surface area contributed by atoms with Gasteiger partial charge in [0.2, 0.25) is 0 Å². The van der Waals surface area contributed by atoms with Gasteiger partial charge >= 0.3 is 0 Å². The lowest BCUT2D eigenvalue weighted by Gasteiger charge is -2.22. The van der Waals surface area contributed by atoms with Gasteiger partial charge in [-0.05, 0) is 93.7 Å². The number of nitrogens with one attached hydrogen (secondary N) is 1. The van der Waals surface area contributed by atoms with Crippen LogP contribution in [-0.4, -0.2) is 6.54 Å². The van der Waals surface area contributed by atoms with E-state index in [4.69, 9.17) is 0 Å². The Morgan fingerprint density at radius 3 is 2.82 bits per heavy atom. The summed E-state index contributed by atoms with van der Waals surface area (Å²) in [6, 6.07) is 6.51. The summed E-state index contributed by atoms with van der Waals surface area (Å²) in [6.07, 6.45) is 5.93. The van der Waals surface area contributed by atoms with E-state index < -0.39 is 0 Å². The fourth-order valence-electron chi connectivity index (χ4n) is 3.50. The molecule has 0 aliphatic heterocycles. The van der Waals surface area contributed by atoms with E-state index >= 15 is 0 Å². The Labute approximate surface area is 125 Å². The van der Waals surface area contributed by atoms with Crippen molar-refractivity contribution in [3.8, 4) is 0 Å². The quantitative estimate of drug-likeness (QED) is 0.705. The number of halogens is 2. The number of hydrogen-bond donors (Lipinski definition) is 1. The third-order valence-corrected chi connectivity index (χ3v) is 5.70. The first-order chi connectivity index (χ1) is 8.22. The van der Waals surface area contributed by atoms with E-state index in [2.05, 4.69) is 62.0 Å². The monoisotopic (exact) mass is 405 g/mol. The summed E-state index contributed by atoms with van der Waals surface area (Å²) in [5, 5.41) is 3.62. The summed E-state index contributed by atoms with van der Waals surface area (Å²) < 4.78 is 2.47. The summed E-state index contributed by atoms with van der Waals surface area (Å²) >= 11 is 5.98. The summed E-state index contributed by atoms with van der Waals surface area (Å²) in [7, 11) is 0. The minimum Gasteiger partial charge on any atom is -0.384 e. The predicted molar refractivity (Wildman–Crippen MR) is 84.3 cm³/mol. The standard InChI is InChI=1S/C14H17BrIN/c15-13-7-12(16)3-4-14(13)17-8-11-6-9-1-2-10(11)5-9/h3-4,7,9-11,17H,1-2,5-6,8H2. The van der Waals surface area contributed by atoms with Crippen molar-refractivity contribution in [1.29, 1.82) is 0 Å². The molecule has 3 heteroatoms. The van der Waals surface area contributed by atoms with Crippen molar-refractivity contribution in [1.82, 2.24) is 0 Å². The van der Waals surface area contributed by atoms with Crippen LogP contribution in [0, 0.1) is 21.3 Å². The van der Waals surface area contributed by atoms with E-state index in [1.807, 2.05) is 0 Å². The van der Waals surface area contributed by atoms with Crippen LogP contribution in [0.4, 0.5) is 5.69 Å². The molecule has 3 atom stereocenters. The highest BCUT2D eigenvalue weighted by atomic mass is 127. The molecular formula is C14H17BrIN.